The molecular weight excluding hydrogens is 312 g/mol. The van der Waals surface area contributed by atoms with Crippen molar-refractivity contribution >= 4 is 34.6 Å². The van der Waals surface area contributed by atoms with Gasteiger partial charge >= 0.3 is 0 Å². The highest BCUT2D eigenvalue weighted by Crippen LogP contribution is 2.16. The highest BCUT2D eigenvalue weighted by atomic mass is 16.1. The topological polar surface area (TPSA) is 104 Å². The number of nitrogens with zero attached hydrogens (tertiary/aromatic N) is 4. The van der Waals surface area contributed by atoms with E-state index in [1.54, 1.807) is 13.8 Å². The molecule has 3 aromatic rings. The first-order valence-electron chi connectivity index (χ1n) is 7.44. The summed E-state index contributed by atoms with van der Waals surface area (Å²) in [6, 6.07) is 0. The molecule has 8 heteroatoms. The molecule has 3 aromatic heterocycles. The van der Waals surface area contributed by atoms with Gasteiger partial charge in [-0.2, -0.15) is 0 Å². The molecule has 0 amide bonds. The van der Waals surface area contributed by atoms with E-state index in [0.29, 0.717) is 25.7 Å². The summed E-state index contributed by atoms with van der Waals surface area (Å²) in [7, 11) is 0. The Bertz CT molecular complexity index is 1020. The van der Waals surface area contributed by atoms with Crippen molar-refractivity contribution < 1.29 is 9.59 Å². The summed E-state index contributed by atoms with van der Waals surface area (Å²) in [5.74, 6) is 0. The minimum absolute atomic E-state index is 0.0364. The Labute approximate surface area is 135 Å². The van der Waals surface area contributed by atoms with Crippen LogP contribution in [0.25, 0.3) is 22.1 Å². The van der Waals surface area contributed by atoms with Crippen molar-refractivity contribution in [1.29, 1.82) is 0 Å². The molecule has 3 heterocycles. The number of aldehydes is 2. The Morgan fingerprint density at radius 1 is 0.792 bits per heavy atom. The van der Waals surface area contributed by atoms with E-state index in [0.717, 1.165) is 0 Å². The van der Waals surface area contributed by atoms with Crippen molar-refractivity contribution in [2.45, 2.75) is 26.9 Å². The number of rotatable bonds is 4. The van der Waals surface area contributed by atoms with Crippen LogP contribution in [0.1, 0.15) is 34.6 Å². The van der Waals surface area contributed by atoms with Crippen molar-refractivity contribution in [3.63, 3.8) is 0 Å². The van der Waals surface area contributed by atoms with E-state index in [-0.39, 0.29) is 33.2 Å². The lowest BCUT2D eigenvalue weighted by molar-refractivity contribution is 0.111. The van der Waals surface area contributed by atoms with Crippen molar-refractivity contribution in [2.75, 3.05) is 0 Å². The van der Waals surface area contributed by atoms with Crippen LogP contribution in [-0.4, -0.2) is 31.7 Å². The summed E-state index contributed by atoms with van der Waals surface area (Å²) >= 11 is 0. The normalized spacial score (nSPS) is 11.1. The van der Waals surface area contributed by atoms with Crippen LogP contribution >= 0.6 is 0 Å². The molecule has 8 nitrogen and oxygen atoms in total. The van der Waals surface area contributed by atoms with Gasteiger partial charge in [0.2, 0.25) is 0 Å². The number of pyridine rings is 2. The van der Waals surface area contributed by atoms with Gasteiger partial charge in [-0.1, -0.05) is 0 Å². The second kappa shape index (κ2) is 5.80. The quantitative estimate of drug-likeness (QED) is 0.518. The predicted molar refractivity (Wildman–Crippen MR) is 87.7 cm³/mol. The van der Waals surface area contributed by atoms with Crippen molar-refractivity contribution in [1.82, 2.24) is 19.1 Å². The number of hydrogen-bond acceptors (Lipinski definition) is 6. The molecule has 0 aliphatic rings. The molecule has 0 saturated heterocycles. The SMILES string of the molecule is CCn1cc(C=O)c2nc3c(=O)n(CC)cc(C=O)c3nc2c1=O. The third-order valence-electron chi connectivity index (χ3n) is 3.89. The number of hydrogen-bond donors (Lipinski definition) is 0. The monoisotopic (exact) mass is 326 g/mol. The number of carbonyl (C=O) groups excluding carboxylic acids is 2. The first-order valence-corrected chi connectivity index (χ1v) is 7.44. The number of carbonyl (C=O) groups is 2. The number of aryl methyl sites for hydroxylation is 2. The van der Waals surface area contributed by atoms with Crippen LogP contribution in [0, 0.1) is 0 Å². The molecule has 0 spiro atoms. The van der Waals surface area contributed by atoms with Crippen LogP contribution in [0.5, 0.6) is 0 Å². The van der Waals surface area contributed by atoms with Gasteiger partial charge in [-0.05, 0) is 13.8 Å². The van der Waals surface area contributed by atoms with Gasteiger partial charge in [-0.15, -0.1) is 0 Å². The molecular formula is C16H14N4O4. The van der Waals surface area contributed by atoms with E-state index in [2.05, 4.69) is 9.97 Å². The Morgan fingerprint density at radius 2 is 1.17 bits per heavy atom. The largest absolute Gasteiger partial charge is 0.313 e. The molecule has 122 valence electrons. The Kier molecular flexibility index (Phi) is 3.80. The molecule has 0 aliphatic carbocycles. The summed E-state index contributed by atoms with van der Waals surface area (Å²) < 4.78 is 2.67. The van der Waals surface area contributed by atoms with Crippen LogP contribution in [0.2, 0.25) is 0 Å². The van der Waals surface area contributed by atoms with E-state index in [9.17, 15) is 19.2 Å². The second-order valence-electron chi connectivity index (χ2n) is 5.20. The van der Waals surface area contributed by atoms with Gasteiger partial charge in [0.05, 0.1) is 11.1 Å². The minimum atomic E-state index is -0.427. The van der Waals surface area contributed by atoms with Crippen LogP contribution < -0.4 is 11.1 Å². The summed E-state index contributed by atoms with van der Waals surface area (Å²) in [5, 5.41) is 0. The maximum Gasteiger partial charge on any atom is 0.278 e. The van der Waals surface area contributed by atoms with Crippen molar-refractivity contribution in [2.24, 2.45) is 0 Å². The van der Waals surface area contributed by atoms with E-state index in [4.69, 9.17) is 0 Å². The average Bonchev–Trinajstić information content (AvgIpc) is 2.62. The lowest BCUT2D eigenvalue weighted by atomic mass is 10.2. The minimum Gasteiger partial charge on any atom is -0.313 e. The first kappa shape index (κ1) is 15.7. The van der Waals surface area contributed by atoms with E-state index in [1.165, 1.54) is 21.5 Å². The van der Waals surface area contributed by atoms with Gasteiger partial charge in [0.25, 0.3) is 11.1 Å². The molecule has 0 bridgehead atoms. The summed E-state index contributed by atoms with van der Waals surface area (Å²) in [6.45, 7) is 4.22. The molecule has 0 atom stereocenters. The fraction of sp³-hybridized carbons (Fsp3) is 0.250. The van der Waals surface area contributed by atoms with Crippen LogP contribution in [0.4, 0.5) is 0 Å². The molecule has 0 fully saturated rings. The first-order chi connectivity index (χ1) is 11.5. The molecule has 0 aliphatic heterocycles. The molecule has 0 N–H and O–H groups in total. The van der Waals surface area contributed by atoms with E-state index < -0.39 is 11.1 Å². The van der Waals surface area contributed by atoms with Crippen LogP contribution in [0.3, 0.4) is 0 Å². The van der Waals surface area contributed by atoms with Gasteiger partial charge in [-0.25, -0.2) is 9.97 Å². The zero-order chi connectivity index (χ0) is 17.4. The highest BCUT2D eigenvalue weighted by molar-refractivity contribution is 6.00. The van der Waals surface area contributed by atoms with Crippen LogP contribution in [0.15, 0.2) is 22.0 Å². The molecule has 0 saturated carbocycles. The summed E-state index contributed by atoms with van der Waals surface area (Å²) in [6.07, 6.45) is 3.91. The fourth-order valence-corrected chi connectivity index (χ4v) is 2.63. The fourth-order valence-electron chi connectivity index (χ4n) is 2.63. The molecule has 0 aromatic carbocycles. The average molecular weight is 326 g/mol. The molecule has 3 rings (SSSR count). The number of fused-ring (bicyclic) bond motifs is 2. The van der Waals surface area contributed by atoms with Gasteiger partial charge in [0.1, 0.15) is 11.0 Å². The van der Waals surface area contributed by atoms with Crippen molar-refractivity contribution in [3.05, 3.63) is 44.2 Å². The van der Waals surface area contributed by atoms with Crippen molar-refractivity contribution in [3.8, 4) is 0 Å². The zero-order valence-electron chi connectivity index (χ0n) is 13.1. The lowest BCUT2D eigenvalue weighted by Gasteiger charge is -2.09. The Hall–Kier alpha value is -3.16. The van der Waals surface area contributed by atoms with E-state index in [1.807, 2.05) is 0 Å². The standard InChI is InChI=1S/C16H14N4O4/c1-3-19-5-9(7-21)11-13(15(19)23)17-12-10(8-22)6-20(4-2)16(24)14(12)18-11/h5-8H,3-4H2,1-2H3. The predicted octanol–water partition coefficient (Wildman–Crippen LogP) is 0.771. The molecule has 0 radical (unpaired) electrons. The van der Waals surface area contributed by atoms with Gasteiger partial charge in [-0.3, -0.25) is 19.2 Å². The summed E-state index contributed by atoms with van der Waals surface area (Å²) in [5.41, 5.74) is -0.464. The Morgan fingerprint density at radius 3 is 1.46 bits per heavy atom. The highest BCUT2D eigenvalue weighted by Gasteiger charge is 2.17. The van der Waals surface area contributed by atoms with Gasteiger partial charge < -0.3 is 9.13 Å². The maximum atomic E-state index is 12.5. The van der Waals surface area contributed by atoms with Gasteiger partial charge in [0, 0.05) is 25.5 Å². The maximum absolute atomic E-state index is 12.5. The van der Waals surface area contributed by atoms with E-state index >= 15 is 0 Å². The molecule has 0 unspecified atom stereocenters. The van der Waals surface area contributed by atoms with Crippen LogP contribution in [-0.2, 0) is 13.1 Å². The Balaban J connectivity index is 2.62. The number of aromatic nitrogens is 4. The second-order valence-corrected chi connectivity index (χ2v) is 5.20. The smallest absolute Gasteiger partial charge is 0.278 e. The lowest BCUT2D eigenvalue weighted by Crippen LogP contribution is -2.24. The third kappa shape index (κ3) is 2.15. The molecule has 24 heavy (non-hydrogen) atoms. The summed E-state index contributed by atoms with van der Waals surface area (Å²) in [4.78, 5) is 56.0. The zero-order valence-corrected chi connectivity index (χ0v) is 13.1. The third-order valence-corrected chi connectivity index (χ3v) is 3.89. The van der Waals surface area contributed by atoms with Gasteiger partial charge in [0.15, 0.2) is 23.6 Å².